The van der Waals surface area contributed by atoms with Gasteiger partial charge in [-0.05, 0) is 11.5 Å². The Morgan fingerprint density at radius 3 is 2.69 bits per heavy atom. The second kappa shape index (κ2) is 3.45. The first kappa shape index (κ1) is 8.07. The van der Waals surface area contributed by atoms with Crippen molar-refractivity contribution >= 4 is 17.3 Å². The fraction of sp³-hybridized carbons (Fsp3) is 0. The van der Waals surface area contributed by atoms with Crippen LogP contribution in [0.4, 0.5) is 0 Å². The molecular formula is C9H5N2OS. The topological polar surface area (TPSA) is 42.9 Å². The number of hydrogen-bond acceptors (Lipinski definition) is 4. The molecular weight excluding hydrogens is 184 g/mol. The molecule has 1 aromatic heterocycles. The number of carbonyl (C=O) groups excluding carboxylic acids is 1. The summed E-state index contributed by atoms with van der Waals surface area (Å²) >= 11 is 1.06. The molecule has 0 spiro atoms. The second-order valence-corrected chi connectivity index (χ2v) is 3.16. The molecule has 0 atom stereocenters. The molecule has 0 amide bonds. The molecule has 1 aromatic carbocycles. The first-order valence-electron chi connectivity index (χ1n) is 3.68. The van der Waals surface area contributed by atoms with Crippen molar-refractivity contribution in [3.05, 3.63) is 47.0 Å². The summed E-state index contributed by atoms with van der Waals surface area (Å²) in [7, 11) is 0. The Morgan fingerprint density at radius 2 is 2.08 bits per heavy atom. The van der Waals surface area contributed by atoms with Crippen LogP contribution in [0.2, 0.25) is 0 Å². The normalized spacial score (nSPS) is 9.85. The van der Waals surface area contributed by atoms with Crippen molar-refractivity contribution in [2.75, 3.05) is 0 Å². The van der Waals surface area contributed by atoms with Crippen LogP contribution >= 0.6 is 11.5 Å². The molecule has 0 bridgehead atoms. The minimum Gasteiger partial charge on any atom is -0.288 e. The zero-order valence-electron chi connectivity index (χ0n) is 6.60. The van der Waals surface area contributed by atoms with Crippen molar-refractivity contribution in [2.24, 2.45) is 0 Å². The molecule has 4 heteroatoms. The van der Waals surface area contributed by atoms with Crippen LogP contribution in [0.1, 0.15) is 15.2 Å². The predicted molar refractivity (Wildman–Crippen MR) is 48.6 cm³/mol. The van der Waals surface area contributed by atoms with E-state index in [1.54, 1.807) is 12.1 Å². The number of hydrogen-bond donors (Lipinski definition) is 0. The molecule has 0 saturated carbocycles. The molecule has 3 nitrogen and oxygen atoms in total. The van der Waals surface area contributed by atoms with Crippen LogP contribution < -0.4 is 0 Å². The van der Waals surface area contributed by atoms with Crippen molar-refractivity contribution in [2.45, 2.75) is 0 Å². The largest absolute Gasteiger partial charge is 0.288 e. The van der Waals surface area contributed by atoms with Crippen molar-refractivity contribution < 1.29 is 4.79 Å². The molecule has 2 aromatic rings. The smallest absolute Gasteiger partial charge is 0.206 e. The maximum Gasteiger partial charge on any atom is 0.206 e. The molecule has 0 unspecified atom stereocenters. The van der Waals surface area contributed by atoms with E-state index in [0.29, 0.717) is 10.4 Å². The quantitative estimate of drug-likeness (QED) is 0.673. The molecule has 63 valence electrons. The van der Waals surface area contributed by atoms with Crippen molar-refractivity contribution in [1.29, 1.82) is 0 Å². The van der Waals surface area contributed by atoms with Gasteiger partial charge in [0.05, 0.1) is 0 Å². The van der Waals surface area contributed by atoms with Crippen LogP contribution in [0.15, 0.2) is 30.3 Å². The molecule has 0 fully saturated rings. The van der Waals surface area contributed by atoms with Gasteiger partial charge in [-0.15, -0.1) is 5.10 Å². The fourth-order valence-electron chi connectivity index (χ4n) is 0.960. The van der Waals surface area contributed by atoms with E-state index in [-0.39, 0.29) is 5.78 Å². The maximum absolute atomic E-state index is 11.6. The monoisotopic (exact) mass is 189 g/mol. The van der Waals surface area contributed by atoms with Crippen molar-refractivity contribution in [3.8, 4) is 0 Å². The Morgan fingerprint density at radius 1 is 1.31 bits per heavy atom. The lowest BCUT2D eigenvalue weighted by Crippen LogP contribution is -1.97. The van der Waals surface area contributed by atoms with Gasteiger partial charge in [0.1, 0.15) is 11.1 Å². The van der Waals surface area contributed by atoms with Crippen molar-refractivity contribution in [3.63, 3.8) is 0 Å². The highest BCUT2D eigenvalue weighted by Gasteiger charge is 2.10. The van der Waals surface area contributed by atoms with Gasteiger partial charge in [0.2, 0.25) is 5.78 Å². The van der Waals surface area contributed by atoms with Gasteiger partial charge in [-0.3, -0.25) is 4.79 Å². The van der Waals surface area contributed by atoms with E-state index in [2.05, 4.69) is 15.8 Å². The standard InChI is InChI=1S/C9H5N2OS/c12-9(8-6-10-11-13-8)7-4-2-1-3-5-7/h1-5H. The highest BCUT2D eigenvalue weighted by Crippen LogP contribution is 2.10. The van der Waals surface area contributed by atoms with Crippen LogP contribution in [0, 0.1) is 6.20 Å². The number of rotatable bonds is 2. The first-order chi connectivity index (χ1) is 6.38. The summed E-state index contributed by atoms with van der Waals surface area (Å²) in [5.74, 6) is -0.0735. The third-order valence-corrected chi connectivity index (χ3v) is 2.19. The Labute approximate surface area is 79.2 Å². The van der Waals surface area contributed by atoms with Crippen LogP contribution in [-0.2, 0) is 0 Å². The summed E-state index contributed by atoms with van der Waals surface area (Å²) in [4.78, 5) is 12.1. The lowest BCUT2D eigenvalue weighted by atomic mass is 10.1. The average molecular weight is 189 g/mol. The zero-order chi connectivity index (χ0) is 9.10. The number of nitrogens with zero attached hydrogens (tertiary/aromatic N) is 2. The van der Waals surface area contributed by atoms with Gasteiger partial charge in [0, 0.05) is 5.56 Å². The van der Waals surface area contributed by atoms with E-state index in [1.807, 2.05) is 18.2 Å². The molecule has 1 radical (unpaired) electrons. The SMILES string of the molecule is O=C(c1ccccc1)c1[c]nns1. The van der Waals surface area contributed by atoms with E-state index < -0.39 is 0 Å². The highest BCUT2D eigenvalue weighted by atomic mass is 32.1. The van der Waals surface area contributed by atoms with Gasteiger partial charge in [0.25, 0.3) is 0 Å². The van der Waals surface area contributed by atoms with E-state index in [9.17, 15) is 4.79 Å². The minimum atomic E-state index is -0.0735. The second-order valence-electron chi connectivity index (χ2n) is 2.41. The fourth-order valence-corrected chi connectivity index (χ4v) is 1.41. The summed E-state index contributed by atoms with van der Waals surface area (Å²) in [5.41, 5.74) is 0.643. The van der Waals surface area contributed by atoms with Gasteiger partial charge < -0.3 is 0 Å². The van der Waals surface area contributed by atoms with Gasteiger partial charge >= 0.3 is 0 Å². The predicted octanol–water partition coefficient (Wildman–Crippen LogP) is 1.57. The zero-order valence-corrected chi connectivity index (χ0v) is 7.41. The van der Waals surface area contributed by atoms with Crippen LogP contribution in [0.5, 0.6) is 0 Å². The summed E-state index contributed by atoms with van der Waals surface area (Å²) in [6, 6.07) is 9.03. The number of carbonyl (C=O) groups is 1. The maximum atomic E-state index is 11.6. The minimum absolute atomic E-state index is 0.0735. The molecule has 2 rings (SSSR count). The lowest BCUT2D eigenvalue weighted by Gasteiger charge is -1.93. The Balaban J connectivity index is 2.34. The van der Waals surface area contributed by atoms with Crippen LogP contribution in [-0.4, -0.2) is 15.4 Å². The first-order valence-corrected chi connectivity index (χ1v) is 4.45. The average Bonchev–Trinajstić information content (AvgIpc) is 2.71. The van der Waals surface area contributed by atoms with Crippen LogP contribution in [0.25, 0.3) is 0 Å². The van der Waals surface area contributed by atoms with Gasteiger partial charge in [-0.2, -0.15) is 0 Å². The third-order valence-electron chi connectivity index (χ3n) is 1.57. The molecule has 13 heavy (non-hydrogen) atoms. The number of benzene rings is 1. The molecule has 0 aliphatic carbocycles. The summed E-state index contributed by atoms with van der Waals surface area (Å²) in [6.07, 6.45) is 2.54. The van der Waals surface area contributed by atoms with E-state index in [0.717, 1.165) is 11.5 Å². The number of ketones is 1. The molecule has 0 saturated heterocycles. The van der Waals surface area contributed by atoms with Gasteiger partial charge in [0.15, 0.2) is 0 Å². The van der Waals surface area contributed by atoms with E-state index in [4.69, 9.17) is 0 Å². The van der Waals surface area contributed by atoms with E-state index >= 15 is 0 Å². The van der Waals surface area contributed by atoms with Crippen LogP contribution in [0.3, 0.4) is 0 Å². The van der Waals surface area contributed by atoms with Gasteiger partial charge in [-0.1, -0.05) is 34.8 Å². The molecule has 0 aliphatic heterocycles. The molecule has 0 aliphatic rings. The third kappa shape index (κ3) is 1.62. The highest BCUT2D eigenvalue weighted by molar-refractivity contribution is 7.08. The van der Waals surface area contributed by atoms with E-state index in [1.165, 1.54) is 0 Å². The Kier molecular flexibility index (Phi) is 2.14. The molecule has 1 heterocycles. The Bertz CT molecular complexity index is 397. The number of aromatic nitrogens is 2. The summed E-state index contributed by atoms with van der Waals surface area (Å²) in [6.45, 7) is 0. The lowest BCUT2D eigenvalue weighted by molar-refractivity contribution is 0.104. The Hall–Kier alpha value is -1.55. The van der Waals surface area contributed by atoms with Gasteiger partial charge in [-0.25, -0.2) is 0 Å². The van der Waals surface area contributed by atoms with Crippen molar-refractivity contribution in [1.82, 2.24) is 9.59 Å². The molecule has 0 N–H and O–H groups in total. The summed E-state index contributed by atoms with van der Waals surface area (Å²) < 4.78 is 3.58. The summed E-state index contributed by atoms with van der Waals surface area (Å²) in [5, 5.41) is 3.49.